The molecule has 0 saturated heterocycles. The van der Waals surface area contributed by atoms with Crippen LogP contribution < -0.4 is 5.32 Å². The summed E-state index contributed by atoms with van der Waals surface area (Å²) in [7, 11) is 0. The Morgan fingerprint density at radius 1 is 1.48 bits per heavy atom. The minimum atomic E-state index is -0.472. The van der Waals surface area contributed by atoms with Gasteiger partial charge in [0.1, 0.15) is 11.6 Å². The van der Waals surface area contributed by atoms with Gasteiger partial charge >= 0.3 is 0 Å². The summed E-state index contributed by atoms with van der Waals surface area (Å²) in [6.45, 7) is 4.70. The van der Waals surface area contributed by atoms with Crippen LogP contribution >= 0.6 is 11.6 Å². The summed E-state index contributed by atoms with van der Waals surface area (Å²) >= 11 is 5.90. The molecule has 1 aromatic heterocycles. The van der Waals surface area contributed by atoms with Crippen molar-refractivity contribution in [3.63, 3.8) is 0 Å². The highest BCUT2D eigenvalue weighted by molar-refractivity contribution is 6.34. The summed E-state index contributed by atoms with van der Waals surface area (Å²) in [5, 5.41) is 7.13. The van der Waals surface area contributed by atoms with Gasteiger partial charge in [0.15, 0.2) is 0 Å². The number of carbonyl (C=O) groups excluding carboxylic acids is 1. The summed E-state index contributed by atoms with van der Waals surface area (Å²) < 4.78 is 14.8. The summed E-state index contributed by atoms with van der Waals surface area (Å²) in [6, 6.07) is 3.70. The van der Waals surface area contributed by atoms with E-state index in [9.17, 15) is 9.18 Å². The zero-order valence-corrected chi connectivity index (χ0v) is 12.7. The maximum Gasteiger partial charge on any atom is 0.258 e. The van der Waals surface area contributed by atoms with Crippen molar-refractivity contribution < 1.29 is 9.18 Å². The number of nitrogens with one attached hydrogen (secondary N) is 1. The van der Waals surface area contributed by atoms with Crippen LogP contribution in [0.15, 0.2) is 24.4 Å². The molecule has 0 atom stereocenters. The molecule has 0 aliphatic heterocycles. The molecule has 2 rings (SSSR count). The molecule has 1 heterocycles. The van der Waals surface area contributed by atoms with Gasteiger partial charge in [-0.2, -0.15) is 5.10 Å². The number of hydrogen-bond donors (Lipinski definition) is 1. The van der Waals surface area contributed by atoms with Crippen molar-refractivity contribution in [1.29, 1.82) is 0 Å². The second-order valence-corrected chi connectivity index (χ2v) is 5.24. The number of benzene rings is 1. The Balaban J connectivity index is 2.21. The Morgan fingerprint density at radius 3 is 2.90 bits per heavy atom. The Hall–Kier alpha value is -1.88. The number of amides is 1. The third-order valence-corrected chi connectivity index (χ3v) is 3.47. The second kappa shape index (κ2) is 6.72. The summed E-state index contributed by atoms with van der Waals surface area (Å²) in [6.07, 6.45) is 3.72. The van der Waals surface area contributed by atoms with E-state index < -0.39 is 5.82 Å². The van der Waals surface area contributed by atoms with Crippen molar-refractivity contribution in [3.8, 4) is 0 Å². The highest BCUT2D eigenvalue weighted by Crippen LogP contribution is 2.21. The van der Waals surface area contributed by atoms with E-state index in [1.54, 1.807) is 10.9 Å². The van der Waals surface area contributed by atoms with Crippen molar-refractivity contribution >= 4 is 23.3 Å². The van der Waals surface area contributed by atoms with Gasteiger partial charge in [0.2, 0.25) is 0 Å². The first-order valence-electron chi connectivity index (χ1n) is 6.81. The van der Waals surface area contributed by atoms with E-state index in [2.05, 4.69) is 17.3 Å². The quantitative estimate of drug-likeness (QED) is 0.906. The summed E-state index contributed by atoms with van der Waals surface area (Å²) in [5.74, 6) is -0.198. The summed E-state index contributed by atoms with van der Waals surface area (Å²) in [5.41, 5.74) is 1.11. The van der Waals surface area contributed by atoms with E-state index >= 15 is 0 Å². The normalized spacial score (nSPS) is 10.7. The van der Waals surface area contributed by atoms with Gasteiger partial charge in [-0.05, 0) is 31.5 Å². The topological polar surface area (TPSA) is 46.9 Å². The molecule has 112 valence electrons. The van der Waals surface area contributed by atoms with Gasteiger partial charge in [-0.1, -0.05) is 24.9 Å². The van der Waals surface area contributed by atoms with Crippen molar-refractivity contribution in [1.82, 2.24) is 9.78 Å². The molecule has 0 aliphatic carbocycles. The molecule has 0 aliphatic rings. The van der Waals surface area contributed by atoms with Crippen molar-refractivity contribution in [3.05, 3.63) is 46.4 Å². The number of rotatable bonds is 5. The Kier molecular flexibility index (Phi) is 4.96. The number of aromatic nitrogens is 2. The Bertz CT molecular complexity index is 654. The van der Waals surface area contributed by atoms with Crippen molar-refractivity contribution in [2.24, 2.45) is 0 Å². The SMILES string of the molecule is CCCCn1ncc(C)c1NC(=O)c1ccc(F)cc1Cl. The molecule has 1 N–H and O–H groups in total. The van der Waals surface area contributed by atoms with E-state index in [1.807, 2.05) is 6.92 Å². The minimum Gasteiger partial charge on any atom is -0.307 e. The van der Waals surface area contributed by atoms with Crippen molar-refractivity contribution in [2.75, 3.05) is 5.32 Å². The fourth-order valence-corrected chi connectivity index (χ4v) is 2.22. The van der Waals surface area contributed by atoms with Gasteiger partial charge < -0.3 is 5.32 Å². The van der Waals surface area contributed by atoms with Gasteiger partial charge in [0, 0.05) is 12.1 Å². The molecule has 0 bridgehead atoms. The van der Waals surface area contributed by atoms with Crippen LogP contribution in [0.3, 0.4) is 0 Å². The molecule has 0 saturated carbocycles. The predicted octanol–water partition coefficient (Wildman–Crippen LogP) is 4.04. The van der Waals surface area contributed by atoms with E-state index in [0.29, 0.717) is 5.82 Å². The first-order chi connectivity index (χ1) is 10.0. The van der Waals surface area contributed by atoms with Crippen LogP contribution in [-0.4, -0.2) is 15.7 Å². The van der Waals surface area contributed by atoms with E-state index in [1.165, 1.54) is 12.1 Å². The van der Waals surface area contributed by atoms with Crippen LogP contribution in [0.25, 0.3) is 0 Å². The molecule has 0 fully saturated rings. The maximum absolute atomic E-state index is 13.0. The lowest BCUT2D eigenvalue weighted by Gasteiger charge is -2.10. The predicted molar refractivity (Wildman–Crippen MR) is 81.2 cm³/mol. The average Bonchev–Trinajstić information content (AvgIpc) is 2.77. The third kappa shape index (κ3) is 3.61. The standard InChI is InChI=1S/C15H17ClFN3O/c1-3-4-7-20-14(10(2)9-18-20)19-15(21)12-6-5-11(17)8-13(12)16/h5-6,8-9H,3-4,7H2,1-2H3,(H,19,21). The number of anilines is 1. The van der Waals surface area contributed by atoms with Crippen LogP contribution in [0.1, 0.15) is 35.7 Å². The molecular weight excluding hydrogens is 293 g/mol. The van der Waals surface area contributed by atoms with Gasteiger partial charge in [-0.3, -0.25) is 4.79 Å². The molecule has 0 spiro atoms. The smallest absolute Gasteiger partial charge is 0.258 e. The molecule has 0 radical (unpaired) electrons. The monoisotopic (exact) mass is 309 g/mol. The largest absolute Gasteiger partial charge is 0.307 e. The fourth-order valence-electron chi connectivity index (χ4n) is 1.97. The third-order valence-electron chi connectivity index (χ3n) is 3.15. The molecule has 2 aromatic rings. The average molecular weight is 310 g/mol. The van der Waals surface area contributed by atoms with E-state index in [4.69, 9.17) is 11.6 Å². The van der Waals surface area contributed by atoms with Crippen LogP contribution in [-0.2, 0) is 6.54 Å². The summed E-state index contributed by atoms with van der Waals surface area (Å²) in [4.78, 5) is 12.3. The van der Waals surface area contributed by atoms with Crippen molar-refractivity contribution in [2.45, 2.75) is 33.2 Å². The van der Waals surface area contributed by atoms with Crippen LogP contribution in [0.5, 0.6) is 0 Å². The zero-order valence-electron chi connectivity index (χ0n) is 12.0. The fraction of sp³-hybridized carbons (Fsp3) is 0.333. The number of hydrogen-bond acceptors (Lipinski definition) is 2. The first-order valence-corrected chi connectivity index (χ1v) is 7.19. The molecule has 6 heteroatoms. The van der Waals surface area contributed by atoms with Gasteiger partial charge in [0.05, 0.1) is 16.8 Å². The first kappa shape index (κ1) is 15.5. The van der Waals surface area contributed by atoms with Crippen LogP contribution in [0.4, 0.5) is 10.2 Å². The van der Waals surface area contributed by atoms with Gasteiger partial charge in [-0.25, -0.2) is 9.07 Å². The molecule has 1 amide bonds. The number of halogens is 2. The molecule has 0 unspecified atom stereocenters. The Labute approximate surface area is 127 Å². The van der Waals surface area contributed by atoms with Gasteiger partial charge in [0.25, 0.3) is 5.91 Å². The van der Waals surface area contributed by atoms with E-state index in [-0.39, 0.29) is 16.5 Å². The molecular formula is C15H17ClFN3O. The lowest BCUT2D eigenvalue weighted by Crippen LogP contribution is -2.17. The second-order valence-electron chi connectivity index (χ2n) is 4.83. The van der Waals surface area contributed by atoms with Crippen LogP contribution in [0, 0.1) is 12.7 Å². The molecule has 4 nitrogen and oxygen atoms in total. The highest BCUT2D eigenvalue weighted by atomic mass is 35.5. The number of nitrogens with zero attached hydrogens (tertiary/aromatic N) is 2. The molecule has 1 aromatic carbocycles. The molecule has 21 heavy (non-hydrogen) atoms. The number of aryl methyl sites for hydroxylation is 2. The lowest BCUT2D eigenvalue weighted by atomic mass is 10.2. The zero-order chi connectivity index (χ0) is 15.4. The number of carbonyl (C=O) groups is 1. The number of unbranched alkanes of at least 4 members (excludes halogenated alkanes) is 1. The lowest BCUT2D eigenvalue weighted by molar-refractivity contribution is 0.102. The van der Waals surface area contributed by atoms with Crippen LogP contribution in [0.2, 0.25) is 5.02 Å². The highest BCUT2D eigenvalue weighted by Gasteiger charge is 2.15. The minimum absolute atomic E-state index is 0.0878. The van der Waals surface area contributed by atoms with E-state index in [0.717, 1.165) is 31.0 Å². The Morgan fingerprint density at radius 2 is 2.24 bits per heavy atom. The van der Waals surface area contributed by atoms with Gasteiger partial charge in [-0.15, -0.1) is 0 Å². The maximum atomic E-state index is 13.0.